The number of benzene rings is 1. The molecule has 1 atom stereocenters. The number of aryl methyl sites for hydroxylation is 1. The summed E-state index contributed by atoms with van der Waals surface area (Å²) in [5.41, 5.74) is 7.56. The van der Waals surface area contributed by atoms with Crippen molar-refractivity contribution >= 4 is 5.91 Å². The minimum atomic E-state index is -0.101. The van der Waals surface area contributed by atoms with Crippen LogP contribution in [-0.2, 0) is 11.3 Å². The van der Waals surface area contributed by atoms with Crippen LogP contribution in [0.2, 0.25) is 0 Å². The average Bonchev–Trinajstić information content (AvgIpc) is 2.36. The Morgan fingerprint density at radius 3 is 2.83 bits per heavy atom. The van der Waals surface area contributed by atoms with E-state index in [0.29, 0.717) is 6.54 Å². The molecule has 3 N–H and O–H groups in total. The van der Waals surface area contributed by atoms with Crippen molar-refractivity contribution in [3.63, 3.8) is 0 Å². The smallest absolute Gasteiger partial charge is 0.258 e. The lowest BCUT2D eigenvalue weighted by atomic mass is 10.1. The second-order valence-electron chi connectivity index (χ2n) is 4.43. The van der Waals surface area contributed by atoms with Crippen molar-refractivity contribution in [3.8, 4) is 5.75 Å². The highest BCUT2D eigenvalue weighted by molar-refractivity contribution is 5.77. The molecule has 0 radical (unpaired) electrons. The van der Waals surface area contributed by atoms with E-state index in [1.165, 1.54) is 0 Å². The zero-order valence-electron chi connectivity index (χ0n) is 11.3. The molecule has 0 aromatic heterocycles. The van der Waals surface area contributed by atoms with Gasteiger partial charge in [-0.05, 0) is 25.8 Å². The Morgan fingerprint density at radius 2 is 2.22 bits per heavy atom. The largest absolute Gasteiger partial charge is 0.483 e. The summed E-state index contributed by atoms with van der Waals surface area (Å²) in [7, 11) is 0. The predicted octanol–water partition coefficient (Wildman–Crippen LogP) is 1.75. The molecule has 4 nitrogen and oxygen atoms in total. The number of carbonyl (C=O) groups excluding carboxylic acids is 1. The van der Waals surface area contributed by atoms with Crippen molar-refractivity contribution in [2.75, 3.05) is 6.61 Å². The molecule has 1 rings (SSSR count). The molecule has 0 heterocycles. The molecule has 0 aliphatic heterocycles. The Balaban J connectivity index is 2.60. The Hall–Kier alpha value is -1.55. The van der Waals surface area contributed by atoms with Crippen molar-refractivity contribution in [3.05, 3.63) is 29.3 Å². The van der Waals surface area contributed by atoms with Crippen molar-refractivity contribution in [2.45, 2.75) is 39.8 Å². The summed E-state index contributed by atoms with van der Waals surface area (Å²) in [5, 5.41) is 2.86. The number of para-hydroxylation sites is 1. The van der Waals surface area contributed by atoms with Crippen molar-refractivity contribution in [1.82, 2.24) is 5.32 Å². The van der Waals surface area contributed by atoms with Crippen LogP contribution >= 0.6 is 0 Å². The zero-order chi connectivity index (χ0) is 13.5. The van der Waals surface area contributed by atoms with E-state index < -0.39 is 0 Å². The normalized spacial score (nSPS) is 12.0. The van der Waals surface area contributed by atoms with Gasteiger partial charge in [0.25, 0.3) is 5.91 Å². The molecule has 1 aromatic carbocycles. The first-order valence-electron chi connectivity index (χ1n) is 6.29. The molecule has 0 aliphatic carbocycles. The second kappa shape index (κ2) is 7.01. The van der Waals surface area contributed by atoms with Gasteiger partial charge in [0, 0.05) is 18.2 Å². The number of hydrogen-bond acceptors (Lipinski definition) is 3. The third kappa shape index (κ3) is 4.04. The van der Waals surface area contributed by atoms with Crippen LogP contribution in [0.3, 0.4) is 0 Å². The van der Waals surface area contributed by atoms with Crippen LogP contribution in [0.1, 0.15) is 31.4 Å². The third-order valence-corrected chi connectivity index (χ3v) is 2.88. The van der Waals surface area contributed by atoms with Gasteiger partial charge >= 0.3 is 0 Å². The summed E-state index contributed by atoms with van der Waals surface area (Å²) in [6.45, 7) is 6.38. The van der Waals surface area contributed by atoms with Crippen molar-refractivity contribution < 1.29 is 9.53 Å². The highest BCUT2D eigenvalue weighted by Gasteiger charge is 2.10. The molecule has 0 fully saturated rings. The maximum absolute atomic E-state index is 11.6. The lowest BCUT2D eigenvalue weighted by Crippen LogP contribution is -2.35. The first kappa shape index (κ1) is 14.5. The van der Waals surface area contributed by atoms with E-state index >= 15 is 0 Å². The van der Waals surface area contributed by atoms with Gasteiger partial charge in [0.1, 0.15) is 5.75 Å². The Bertz CT molecular complexity index is 405. The lowest BCUT2D eigenvalue weighted by Gasteiger charge is -2.15. The van der Waals surface area contributed by atoms with Gasteiger partial charge < -0.3 is 15.8 Å². The molecule has 0 saturated heterocycles. The molecule has 4 heteroatoms. The number of nitrogens with one attached hydrogen (secondary N) is 1. The minimum absolute atomic E-state index is 0.0300. The van der Waals surface area contributed by atoms with E-state index in [-0.39, 0.29) is 18.6 Å². The van der Waals surface area contributed by atoms with E-state index in [1.807, 2.05) is 39.0 Å². The Kier molecular flexibility index (Phi) is 5.65. The third-order valence-electron chi connectivity index (χ3n) is 2.88. The SMILES string of the molecule is CCC(C)NC(=O)COc1c(C)cccc1CN. The van der Waals surface area contributed by atoms with Gasteiger partial charge in [-0.1, -0.05) is 25.1 Å². The van der Waals surface area contributed by atoms with Crippen LogP contribution in [0.4, 0.5) is 0 Å². The first-order valence-corrected chi connectivity index (χ1v) is 6.29. The second-order valence-corrected chi connectivity index (χ2v) is 4.43. The summed E-state index contributed by atoms with van der Waals surface area (Å²) in [4.78, 5) is 11.6. The van der Waals surface area contributed by atoms with Gasteiger partial charge in [0.15, 0.2) is 6.61 Å². The molecule has 0 saturated carbocycles. The van der Waals surface area contributed by atoms with Crippen molar-refractivity contribution in [1.29, 1.82) is 0 Å². The Morgan fingerprint density at radius 1 is 1.50 bits per heavy atom. The number of ether oxygens (including phenoxy) is 1. The fourth-order valence-corrected chi connectivity index (χ4v) is 1.64. The molecule has 18 heavy (non-hydrogen) atoms. The van der Waals surface area contributed by atoms with Gasteiger partial charge in [0.05, 0.1) is 0 Å². The van der Waals surface area contributed by atoms with E-state index in [2.05, 4.69) is 5.32 Å². The van der Waals surface area contributed by atoms with Crippen LogP contribution < -0.4 is 15.8 Å². The highest BCUT2D eigenvalue weighted by atomic mass is 16.5. The molecular formula is C14H22N2O2. The average molecular weight is 250 g/mol. The van der Waals surface area contributed by atoms with E-state index in [4.69, 9.17) is 10.5 Å². The topological polar surface area (TPSA) is 64.3 Å². The number of amides is 1. The predicted molar refractivity (Wildman–Crippen MR) is 72.5 cm³/mol. The van der Waals surface area contributed by atoms with Gasteiger partial charge in [-0.3, -0.25) is 4.79 Å². The van der Waals surface area contributed by atoms with Gasteiger partial charge in [-0.2, -0.15) is 0 Å². The van der Waals surface area contributed by atoms with Crippen molar-refractivity contribution in [2.24, 2.45) is 5.73 Å². The lowest BCUT2D eigenvalue weighted by molar-refractivity contribution is -0.123. The van der Waals surface area contributed by atoms with E-state index in [9.17, 15) is 4.79 Å². The van der Waals surface area contributed by atoms with Crippen LogP contribution in [0.5, 0.6) is 5.75 Å². The number of nitrogens with two attached hydrogens (primary N) is 1. The van der Waals surface area contributed by atoms with E-state index in [0.717, 1.165) is 23.3 Å². The molecule has 100 valence electrons. The molecular weight excluding hydrogens is 228 g/mol. The maximum atomic E-state index is 11.6. The van der Waals surface area contributed by atoms with Crippen LogP contribution in [0, 0.1) is 6.92 Å². The van der Waals surface area contributed by atoms with Crippen LogP contribution in [-0.4, -0.2) is 18.6 Å². The standard InChI is InChI=1S/C14H22N2O2/c1-4-11(3)16-13(17)9-18-14-10(2)6-5-7-12(14)8-15/h5-7,11H,4,8-9,15H2,1-3H3,(H,16,17). The molecule has 0 bridgehead atoms. The van der Waals surface area contributed by atoms with Gasteiger partial charge in [-0.25, -0.2) is 0 Å². The summed E-state index contributed by atoms with van der Waals surface area (Å²) in [5.74, 6) is 0.620. The van der Waals surface area contributed by atoms with E-state index in [1.54, 1.807) is 0 Å². The molecule has 0 spiro atoms. The highest BCUT2D eigenvalue weighted by Crippen LogP contribution is 2.22. The summed E-state index contributed by atoms with van der Waals surface area (Å²) >= 11 is 0. The van der Waals surface area contributed by atoms with Gasteiger partial charge in [-0.15, -0.1) is 0 Å². The number of hydrogen-bond donors (Lipinski definition) is 2. The molecule has 0 aliphatic rings. The monoisotopic (exact) mass is 250 g/mol. The number of carbonyl (C=O) groups is 1. The molecule has 1 unspecified atom stereocenters. The quantitative estimate of drug-likeness (QED) is 0.808. The summed E-state index contributed by atoms with van der Waals surface area (Å²) in [6.07, 6.45) is 0.907. The summed E-state index contributed by atoms with van der Waals surface area (Å²) < 4.78 is 5.57. The summed E-state index contributed by atoms with van der Waals surface area (Å²) in [6, 6.07) is 5.96. The zero-order valence-corrected chi connectivity index (χ0v) is 11.3. The van der Waals surface area contributed by atoms with Gasteiger partial charge in [0.2, 0.25) is 0 Å². The fourth-order valence-electron chi connectivity index (χ4n) is 1.64. The Labute approximate surface area is 109 Å². The minimum Gasteiger partial charge on any atom is -0.483 e. The van der Waals surface area contributed by atoms with Crippen LogP contribution in [0.25, 0.3) is 0 Å². The molecule has 1 amide bonds. The fraction of sp³-hybridized carbons (Fsp3) is 0.500. The number of rotatable bonds is 6. The maximum Gasteiger partial charge on any atom is 0.258 e. The molecule has 1 aromatic rings. The van der Waals surface area contributed by atoms with Crippen LogP contribution in [0.15, 0.2) is 18.2 Å². The first-order chi connectivity index (χ1) is 8.58.